The minimum Gasteiger partial charge on any atom is -0.497 e. The summed E-state index contributed by atoms with van der Waals surface area (Å²) in [5.74, 6) is 0.986. The van der Waals surface area contributed by atoms with Crippen LogP contribution in [-0.2, 0) is 0 Å². The van der Waals surface area contributed by atoms with Crippen molar-refractivity contribution in [3.8, 4) is 11.5 Å². The number of methoxy groups -OCH3 is 2. The molecule has 104 valence electrons. The van der Waals surface area contributed by atoms with E-state index in [0.717, 1.165) is 0 Å². The second kappa shape index (κ2) is 5.97. The zero-order chi connectivity index (χ0) is 14.5. The van der Waals surface area contributed by atoms with E-state index < -0.39 is 0 Å². The number of benzene rings is 2. The average molecular weight is 272 g/mol. The Morgan fingerprint density at radius 1 is 1.05 bits per heavy atom. The Hall–Kier alpha value is -2.69. The van der Waals surface area contributed by atoms with E-state index in [-0.39, 0.29) is 5.91 Å². The van der Waals surface area contributed by atoms with Gasteiger partial charge in [-0.2, -0.15) is 0 Å². The molecule has 0 fully saturated rings. The number of hydrogen-bond acceptors (Lipinski definition) is 4. The summed E-state index contributed by atoms with van der Waals surface area (Å²) in [6, 6.07) is 12.0. The molecular formula is C15H16N2O3. The topological polar surface area (TPSA) is 73.6 Å². The van der Waals surface area contributed by atoms with Crippen LogP contribution < -0.4 is 20.5 Å². The molecule has 2 aromatic rings. The summed E-state index contributed by atoms with van der Waals surface area (Å²) < 4.78 is 10.2. The Kier molecular flexibility index (Phi) is 4.10. The molecule has 0 bridgehead atoms. The van der Waals surface area contributed by atoms with E-state index in [2.05, 4.69) is 5.32 Å². The SMILES string of the molecule is COc1cccc(C(=O)Nc2cc(OC)ccc2N)c1. The maximum absolute atomic E-state index is 12.2. The van der Waals surface area contributed by atoms with E-state index in [9.17, 15) is 4.79 Å². The number of rotatable bonds is 4. The predicted octanol–water partition coefficient (Wildman–Crippen LogP) is 2.54. The predicted molar refractivity (Wildman–Crippen MR) is 78.4 cm³/mol. The third kappa shape index (κ3) is 3.00. The lowest BCUT2D eigenvalue weighted by atomic mass is 10.2. The summed E-state index contributed by atoms with van der Waals surface area (Å²) in [6.07, 6.45) is 0. The highest BCUT2D eigenvalue weighted by molar-refractivity contribution is 6.06. The lowest BCUT2D eigenvalue weighted by Gasteiger charge is -2.10. The van der Waals surface area contributed by atoms with E-state index in [1.165, 1.54) is 0 Å². The standard InChI is InChI=1S/C15H16N2O3/c1-19-11-5-3-4-10(8-11)15(18)17-14-9-12(20-2)6-7-13(14)16/h3-9H,16H2,1-2H3,(H,17,18). The highest BCUT2D eigenvalue weighted by atomic mass is 16.5. The van der Waals surface area contributed by atoms with Gasteiger partial charge in [-0.25, -0.2) is 0 Å². The monoisotopic (exact) mass is 272 g/mol. The van der Waals surface area contributed by atoms with Gasteiger partial charge >= 0.3 is 0 Å². The van der Waals surface area contributed by atoms with Crippen LogP contribution in [0.2, 0.25) is 0 Å². The normalized spacial score (nSPS) is 9.90. The first-order valence-electron chi connectivity index (χ1n) is 6.03. The minimum atomic E-state index is -0.260. The van der Waals surface area contributed by atoms with Crippen LogP contribution in [0.4, 0.5) is 11.4 Å². The van der Waals surface area contributed by atoms with Crippen LogP contribution in [0, 0.1) is 0 Å². The lowest BCUT2D eigenvalue weighted by molar-refractivity contribution is 0.102. The number of ether oxygens (including phenoxy) is 2. The fraction of sp³-hybridized carbons (Fsp3) is 0.133. The molecule has 20 heavy (non-hydrogen) atoms. The van der Waals surface area contributed by atoms with Gasteiger partial charge in [0.15, 0.2) is 0 Å². The van der Waals surface area contributed by atoms with Crippen molar-refractivity contribution in [1.82, 2.24) is 0 Å². The van der Waals surface area contributed by atoms with Gasteiger partial charge in [0.25, 0.3) is 5.91 Å². The number of nitrogens with two attached hydrogens (primary N) is 1. The summed E-state index contributed by atoms with van der Waals surface area (Å²) in [7, 11) is 3.11. The maximum Gasteiger partial charge on any atom is 0.255 e. The quantitative estimate of drug-likeness (QED) is 0.839. The van der Waals surface area contributed by atoms with E-state index in [1.807, 2.05) is 0 Å². The van der Waals surface area contributed by atoms with Gasteiger partial charge in [0, 0.05) is 11.6 Å². The molecule has 1 amide bonds. The highest BCUT2D eigenvalue weighted by Gasteiger charge is 2.09. The third-order valence-corrected chi connectivity index (χ3v) is 2.84. The Labute approximate surface area is 117 Å². The van der Waals surface area contributed by atoms with Crippen LogP contribution in [0.5, 0.6) is 11.5 Å². The summed E-state index contributed by atoms with van der Waals surface area (Å²) in [4.78, 5) is 12.2. The van der Waals surface area contributed by atoms with Gasteiger partial charge in [-0.3, -0.25) is 4.79 Å². The molecule has 0 saturated carbocycles. The molecule has 2 aromatic carbocycles. The molecule has 0 unspecified atom stereocenters. The molecular weight excluding hydrogens is 256 g/mol. The van der Waals surface area contributed by atoms with Crippen LogP contribution >= 0.6 is 0 Å². The van der Waals surface area contributed by atoms with E-state index in [4.69, 9.17) is 15.2 Å². The molecule has 2 rings (SSSR count). The Morgan fingerprint density at radius 2 is 1.75 bits per heavy atom. The number of nitrogen functional groups attached to an aromatic ring is 1. The molecule has 3 N–H and O–H groups in total. The van der Waals surface area contributed by atoms with Crippen LogP contribution in [-0.4, -0.2) is 20.1 Å². The fourth-order valence-corrected chi connectivity index (χ4v) is 1.73. The summed E-state index contributed by atoms with van der Waals surface area (Å²) >= 11 is 0. The number of carbonyl (C=O) groups excluding carboxylic acids is 1. The Morgan fingerprint density at radius 3 is 2.45 bits per heavy atom. The third-order valence-electron chi connectivity index (χ3n) is 2.84. The fourth-order valence-electron chi connectivity index (χ4n) is 1.73. The molecule has 5 nitrogen and oxygen atoms in total. The molecule has 0 aliphatic rings. The van der Waals surface area contributed by atoms with Crippen molar-refractivity contribution < 1.29 is 14.3 Å². The minimum absolute atomic E-state index is 0.260. The largest absolute Gasteiger partial charge is 0.497 e. The van der Waals surface area contributed by atoms with E-state index in [1.54, 1.807) is 56.7 Å². The van der Waals surface area contributed by atoms with Gasteiger partial charge in [0.1, 0.15) is 11.5 Å². The Balaban J connectivity index is 2.22. The number of carbonyl (C=O) groups is 1. The summed E-state index contributed by atoms with van der Waals surface area (Å²) in [5, 5.41) is 2.75. The van der Waals surface area contributed by atoms with Crippen molar-refractivity contribution >= 4 is 17.3 Å². The molecule has 0 aliphatic heterocycles. The van der Waals surface area contributed by atoms with Gasteiger partial charge in [-0.1, -0.05) is 6.07 Å². The molecule has 0 aromatic heterocycles. The van der Waals surface area contributed by atoms with Crippen molar-refractivity contribution in [3.63, 3.8) is 0 Å². The van der Waals surface area contributed by atoms with Crippen LogP contribution in [0.3, 0.4) is 0 Å². The average Bonchev–Trinajstić information content (AvgIpc) is 2.49. The van der Waals surface area contributed by atoms with Gasteiger partial charge in [-0.05, 0) is 30.3 Å². The molecule has 0 heterocycles. The van der Waals surface area contributed by atoms with E-state index >= 15 is 0 Å². The molecule has 0 atom stereocenters. The van der Waals surface area contributed by atoms with Crippen molar-refractivity contribution in [2.45, 2.75) is 0 Å². The first kappa shape index (κ1) is 13.7. The smallest absolute Gasteiger partial charge is 0.255 e. The maximum atomic E-state index is 12.2. The summed E-state index contributed by atoms with van der Waals surface area (Å²) in [5.41, 5.74) is 7.31. The molecule has 0 aliphatic carbocycles. The first-order chi connectivity index (χ1) is 9.63. The van der Waals surface area contributed by atoms with Crippen molar-refractivity contribution in [2.24, 2.45) is 0 Å². The first-order valence-corrected chi connectivity index (χ1v) is 6.03. The van der Waals surface area contributed by atoms with Gasteiger partial charge < -0.3 is 20.5 Å². The van der Waals surface area contributed by atoms with Crippen LogP contribution in [0.1, 0.15) is 10.4 Å². The molecule has 0 spiro atoms. The second-order valence-electron chi connectivity index (χ2n) is 4.14. The molecule has 5 heteroatoms. The Bertz CT molecular complexity index is 626. The molecule has 0 radical (unpaired) electrons. The van der Waals surface area contributed by atoms with Gasteiger partial charge in [0.05, 0.1) is 25.6 Å². The zero-order valence-corrected chi connectivity index (χ0v) is 11.3. The van der Waals surface area contributed by atoms with Crippen LogP contribution in [0.15, 0.2) is 42.5 Å². The highest BCUT2D eigenvalue weighted by Crippen LogP contribution is 2.25. The summed E-state index contributed by atoms with van der Waals surface area (Å²) in [6.45, 7) is 0. The molecule has 0 saturated heterocycles. The van der Waals surface area contributed by atoms with Crippen LogP contribution in [0.25, 0.3) is 0 Å². The zero-order valence-electron chi connectivity index (χ0n) is 11.3. The lowest BCUT2D eigenvalue weighted by Crippen LogP contribution is -2.13. The number of nitrogens with one attached hydrogen (secondary N) is 1. The number of hydrogen-bond donors (Lipinski definition) is 2. The van der Waals surface area contributed by atoms with Gasteiger partial charge in [0.2, 0.25) is 0 Å². The second-order valence-corrected chi connectivity index (χ2v) is 4.14. The van der Waals surface area contributed by atoms with Crippen molar-refractivity contribution in [1.29, 1.82) is 0 Å². The number of anilines is 2. The van der Waals surface area contributed by atoms with E-state index in [0.29, 0.717) is 28.4 Å². The van der Waals surface area contributed by atoms with Crippen molar-refractivity contribution in [2.75, 3.05) is 25.3 Å². The number of amides is 1. The van der Waals surface area contributed by atoms with Crippen molar-refractivity contribution in [3.05, 3.63) is 48.0 Å². The van der Waals surface area contributed by atoms with Gasteiger partial charge in [-0.15, -0.1) is 0 Å².